The van der Waals surface area contributed by atoms with Crippen molar-refractivity contribution < 1.29 is 9.59 Å². The molecule has 116 valence electrons. The summed E-state index contributed by atoms with van der Waals surface area (Å²) >= 11 is 3.42. The molecule has 4 nitrogen and oxygen atoms in total. The van der Waals surface area contributed by atoms with Crippen LogP contribution in [0.3, 0.4) is 0 Å². The number of carbonyl (C=O) groups excluding carboxylic acids is 2. The number of amides is 2. The van der Waals surface area contributed by atoms with Crippen LogP contribution in [0, 0.1) is 6.92 Å². The fraction of sp³-hybridized carbons (Fsp3) is 0.500. The lowest BCUT2D eigenvalue weighted by atomic mass is 10.1. The molecule has 21 heavy (non-hydrogen) atoms. The first-order valence-electron chi connectivity index (χ1n) is 7.22. The van der Waals surface area contributed by atoms with Gasteiger partial charge in [0.2, 0.25) is 11.8 Å². The minimum absolute atomic E-state index is 0.0484. The van der Waals surface area contributed by atoms with E-state index in [1.165, 1.54) is 6.92 Å². The Morgan fingerprint density at radius 2 is 1.81 bits per heavy atom. The monoisotopic (exact) mass is 354 g/mol. The first-order valence-corrected chi connectivity index (χ1v) is 8.02. The highest BCUT2D eigenvalue weighted by Crippen LogP contribution is 2.24. The first-order chi connectivity index (χ1) is 9.90. The van der Waals surface area contributed by atoms with E-state index in [1.54, 1.807) is 9.80 Å². The number of hydrogen-bond donors (Lipinski definition) is 0. The van der Waals surface area contributed by atoms with Crippen LogP contribution in [0.25, 0.3) is 0 Å². The van der Waals surface area contributed by atoms with Gasteiger partial charge < -0.3 is 9.80 Å². The van der Waals surface area contributed by atoms with Crippen molar-refractivity contribution in [3.05, 3.63) is 28.2 Å². The molecule has 1 rings (SSSR count). The third-order valence-electron chi connectivity index (χ3n) is 3.50. The highest BCUT2D eigenvalue weighted by atomic mass is 79.9. The number of aryl methyl sites for hydroxylation is 1. The largest absolute Gasteiger partial charge is 0.343 e. The van der Waals surface area contributed by atoms with Crippen LogP contribution in [0.5, 0.6) is 0 Å². The Balaban J connectivity index is 2.84. The maximum atomic E-state index is 12.1. The Labute approximate surface area is 135 Å². The Morgan fingerprint density at radius 3 is 2.29 bits per heavy atom. The predicted molar refractivity (Wildman–Crippen MR) is 89.5 cm³/mol. The molecule has 0 aliphatic heterocycles. The van der Waals surface area contributed by atoms with E-state index in [0.717, 1.165) is 15.7 Å². The molecule has 0 fully saturated rings. The molecule has 1 aromatic carbocycles. The molecule has 0 saturated carbocycles. The lowest BCUT2D eigenvalue weighted by Crippen LogP contribution is -2.36. The standard InChI is InChI=1S/C16H23BrN2O2/c1-5-18(6-2)16(21)9-10-19(13(4)20)15-8-7-14(17)11-12(15)3/h7-8,11H,5-6,9-10H2,1-4H3. The van der Waals surface area contributed by atoms with Crippen molar-refractivity contribution in [2.45, 2.75) is 34.1 Å². The molecule has 0 unspecified atom stereocenters. The second kappa shape index (κ2) is 8.17. The molecule has 0 heterocycles. The van der Waals surface area contributed by atoms with E-state index >= 15 is 0 Å². The minimum atomic E-state index is -0.0484. The summed E-state index contributed by atoms with van der Waals surface area (Å²) in [4.78, 5) is 27.4. The summed E-state index contributed by atoms with van der Waals surface area (Å²) in [5.41, 5.74) is 1.87. The number of nitrogens with zero attached hydrogens (tertiary/aromatic N) is 2. The van der Waals surface area contributed by atoms with Gasteiger partial charge in [-0.05, 0) is 44.5 Å². The van der Waals surface area contributed by atoms with Gasteiger partial charge in [0.1, 0.15) is 0 Å². The third kappa shape index (κ3) is 4.84. The number of halogens is 1. The van der Waals surface area contributed by atoms with Crippen LogP contribution in [0.1, 0.15) is 32.8 Å². The maximum Gasteiger partial charge on any atom is 0.224 e. The summed E-state index contributed by atoms with van der Waals surface area (Å²) in [6.07, 6.45) is 0.344. The van der Waals surface area contributed by atoms with Gasteiger partial charge in [0.05, 0.1) is 0 Å². The van der Waals surface area contributed by atoms with E-state index in [4.69, 9.17) is 0 Å². The Bertz CT molecular complexity index is 513. The molecule has 0 N–H and O–H groups in total. The van der Waals surface area contributed by atoms with Crippen LogP contribution in [0.2, 0.25) is 0 Å². The lowest BCUT2D eigenvalue weighted by Gasteiger charge is -2.25. The zero-order valence-electron chi connectivity index (χ0n) is 13.1. The highest BCUT2D eigenvalue weighted by Gasteiger charge is 2.17. The van der Waals surface area contributed by atoms with Crippen LogP contribution in [-0.4, -0.2) is 36.3 Å². The number of rotatable bonds is 6. The molecule has 0 radical (unpaired) electrons. The van der Waals surface area contributed by atoms with Crippen LogP contribution in [0.15, 0.2) is 22.7 Å². The number of anilines is 1. The minimum Gasteiger partial charge on any atom is -0.343 e. The van der Waals surface area contributed by atoms with E-state index < -0.39 is 0 Å². The third-order valence-corrected chi connectivity index (χ3v) is 3.99. The Hall–Kier alpha value is -1.36. The predicted octanol–water partition coefficient (Wildman–Crippen LogP) is 3.37. The number of carbonyl (C=O) groups is 2. The normalized spacial score (nSPS) is 10.3. The molecular weight excluding hydrogens is 332 g/mol. The molecule has 0 bridgehead atoms. The maximum absolute atomic E-state index is 12.1. The molecule has 0 spiro atoms. The van der Waals surface area contributed by atoms with Gasteiger partial charge in [-0.1, -0.05) is 15.9 Å². The Morgan fingerprint density at radius 1 is 1.19 bits per heavy atom. The molecule has 0 saturated heterocycles. The number of hydrogen-bond acceptors (Lipinski definition) is 2. The molecule has 0 aromatic heterocycles. The van der Waals surface area contributed by atoms with Gasteiger partial charge >= 0.3 is 0 Å². The quantitative estimate of drug-likeness (QED) is 0.785. The topological polar surface area (TPSA) is 40.6 Å². The van der Waals surface area contributed by atoms with Crippen LogP contribution < -0.4 is 4.90 Å². The second-order valence-corrected chi connectivity index (χ2v) is 5.83. The molecule has 1 aromatic rings. The van der Waals surface area contributed by atoms with Crippen molar-refractivity contribution in [3.8, 4) is 0 Å². The zero-order valence-corrected chi connectivity index (χ0v) is 14.7. The smallest absolute Gasteiger partial charge is 0.224 e. The van der Waals surface area contributed by atoms with Gasteiger partial charge in [0, 0.05) is 43.1 Å². The summed E-state index contributed by atoms with van der Waals surface area (Å²) in [6.45, 7) is 9.23. The van der Waals surface area contributed by atoms with Crippen molar-refractivity contribution >= 4 is 33.4 Å². The van der Waals surface area contributed by atoms with Crippen LogP contribution in [-0.2, 0) is 9.59 Å². The van der Waals surface area contributed by atoms with E-state index in [-0.39, 0.29) is 11.8 Å². The van der Waals surface area contributed by atoms with E-state index in [0.29, 0.717) is 26.1 Å². The summed E-state index contributed by atoms with van der Waals surface area (Å²) < 4.78 is 0.978. The zero-order chi connectivity index (χ0) is 16.0. The average molecular weight is 355 g/mol. The molecular formula is C16H23BrN2O2. The summed E-state index contributed by atoms with van der Waals surface area (Å²) in [6, 6.07) is 5.78. The highest BCUT2D eigenvalue weighted by molar-refractivity contribution is 9.10. The van der Waals surface area contributed by atoms with E-state index in [9.17, 15) is 9.59 Å². The van der Waals surface area contributed by atoms with Gasteiger partial charge in [-0.3, -0.25) is 9.59 Å². The van der Waals surface area contributed by atoms with Gasteiger partial charge in [-0.15, -0.1) is 0 Å². The van der Waals surface area contributed by atoms with Crippen LogP contribution >= 0.6 is 15.9 Å². The fourth-order valence-corrected chi connectivity index (χ4v) is 2.79. The van der Waals surface area contributed by atoms with Gasteiger partial charge in [0.25, 0.3) is 0 Å². The van der Waals surface area contributed by atoms with E-state index in [1.807, 2.05) is 39.0 Å². The van der Waals surface area contributed by atoms with Gasteiger partial charge in [-0.2, -0.15) is 0 Å². The molecule has 5 heteroatoms. The molecule has 0 aliphatic carbocycles. The molecule has 2 amide bonds. The summed E-state index contributed by atoms with van der Waals surface area (Å²) in [5.74, 6) is 0.0359. The van der Waals surface area contributed by atoms with Crippen molar-refractivity contribution in [1.82, 2.24) is 4.90 Å². The van der Waals surface area contributed by atoms with Crippen molar-refractivity contribution in [2.75, 3.05) is 24.5 Å². The SMILES string of the molecule is CCN(CC)C(=O)CCN(C(C)=O)c1ccc(Br)cc1C. The summed E-state index contributed by atoms with van der Waals surface area (Å²) in [5, 5.41) is 0. The molecule has 0 atom stereocenters. The van der Waals surface area contributed by atoms with Crippen molar-refractivity contribution in [1.29, 1.82) is 0 Å². The average Bonchev–Trinajstić information content (AvgIpc) is 2.42. The first kappa shape index (κ1) is 17.7. The van der Waals surface area contributed by atoms with E-state index in [2.05, 4.69) is 15.9 Å². The molecule has 0 aliphatic rings. The van der Waals surface area contributed by atoms with Crippen molar-refractivity contribution in [2.24, 2.45) is 0 Å². The van der Waals surface area contributed by atoms with Crippen molar-refractivity contribution in [3.63, 3.8) is 0 Å². The second-order valence-electron chi connectivity index (χ2n) is 4.92. The van der Waals surface area contributed by atoms with Crippen LogP contribution in [0.4, 0.5) is 5.69 Å². The fourth-order valence-electron chi connectivity index (χ4n) is 2.31. The lowest BCUT2D eigenvalue weighted by molar-refractivity contribution is -0.130. The Kier molecular flexibility index (Phi) is 6.89. The van der Waals surface area contributed by atoms with Gasteiger partial charge in [0.15, 0.2) is 0 Å². The van der Waals surface area contributed by atoms with Gasteiger partial charge in [-0.25, -0.2) is 0 Å². The number of benzene rings is 1. The summed E-state index contributed by atoms with van der Waals surface area (Å²) in [7, 11) is 0.